The van der Waals surface area contributed by atoms with Crippen molar-refractivity contribution in [1.29, 1.82) is 0 Å². The molecule has 3 heterocycles. The fourth-order valence-corrected chi connectivity index (χ4v) is 4.38. The summed E-state index contributed by atoms with van der Waals surface area (Å²) in [6.07, 6.45) is 0. The van der Waals surface area contributed by atoms with Crippen molar-refractivity contribution in [3.05, 3.63) is 64.6 Å². The van der Waals surface area contributed by atoms with Crippen LogP contribution in [0.1, 0.15) is 12.5 Å². The van der Waals surface area contributed by atoms with E-state index in [1.165, 1.54) is 11.8 Å². The van der Waals surface area contributed by atoms with Crippen molar-refractivity contribution in [3.63, 3.8) is 0 Å². The van der Waals surface area contributed by atoms with Crippen molar-refractivity contribution >= 4 is 50.9 Å². The van der Waals surface area contributed by atoms with Crippen LogP contribution in [0.2, 0.25) is 0 Å². The van der Waals surface area contributed by atoms with Crippen LogP contribution < -0.4 is 11.0 Å². The van der Waals surface area contributed by atoms with E-state index < -0.39 is 5.25 Å². The van der Waals surface area contributed by atoms with Gasteiger partial charge in [-0.15, -0.1) is 10.2 Å². The van der Waals surface area contributed by atoms with Crippen LogP contribution in [0, 0.1) is 6.92 Å². The van der Waals surface area contributed by atoms with Gasteiger partial charge < -0.3 is 15.3 Å². The molecule has 0 unspecified atom stereocenters. The van der Waals surface area contributed by atoms with Crippen LogP contribution in [0.3, 0.4) is 0 Å². The molecule has 2 aromatic carbocycles. The fraction of sp³-hybridized carbons (Fsp3) is 0.143. The summed E-state index contributed by atoms with van der Waals surface area (Å²) >= 11 is 1.35. The molecule has 0 aliphatic rings. The van der Waals surface area contributed by atoms with Crippen LogP contribution in [-0.2, 0) is 4.79 Å². The lowest BCUT2D eigenvalue weighted by Crippen LogP contribution is -2.22. The minimum Gasteiger partial charge on any atom is -0.325 e. The molecule has 0 saturated heterocycles. The Kier molecular flexibility index (Phi) is 4.32. The molecule has 1 amide bonds. The first-order valence-electron chi connectivity index (χ1n) is 9.42. The molecule has 5 aromatic rings. The van der Waals surface area contributed by atoms with E-state index >= 15 is 0 Å². The number of hydrogen-bond donors (Lipinski definition) is 3. The van der Waals surface area contributed by atoms with Gasteiger partial charge in [0.05, 0.1) is 21.8 Å². The number of carbonyl (C=O) groups is 1. The average molecular weight is 418 g/mol. The predicted octanol–water partition coefficient (Wildman–Crippen LogP) is 3.48. The van der Waals surface area contributed by atoms with E-state index in [9.17, 15) is 9.59 Å². The summed E-state index contributed by atoms with van der Waals surface area (Å²) < 4.78 is 1.98. The third-order valence-electron chi connectivity index (χ3n) is 5.01. The van der Waals surface area contributed by atoms with Gasteiger partial charge in [0.25, 0.3) is 0 Å². The third-order valence-corrected chi connectivity index (χ3v) is 6.05. The monoisotopic (exact) mass is 418 g/mol. The number of para-hydroxylation sites is 1. The topological polar surface area (TPSA) is 108 Å². The van der Waals surface area contributed by atoms with E-state index in [1.807, 2.05) is 35.6 Å². The lowest BCUT2D eigenvalue weighted by Gasteiger charge is -2.12. The maximum absolute atomic E-state index is 12.8. The fourth-order valence-electron chi connectivity index (χ4n) is 3.52. The van der Waals surface area contributed by atoms with E-state index in [1.54, 1.807) is 18.2 Å². The maximum Gasteiger partial charge on any atom is 0.323 e. The minimum atomic E-state index is -0.404. The summed E-state index contributed by atoms with van der Waals surface area (Å²) in [6.45, 7) is 3.88. The molecular formula is C21H18N6O2S. The largest absolute Gasteiger partial charge is 0.325 e. The summed E-state index contributed by atoms with van der Waals surface area (Å²) in [5.74, 6) is -0.162. The highest BCUT2D eigenvalue weighted by Gasteiger charge is 2.19. The van der Waals surface area contributed by atoms with Gasteiger partial charge in [-0.25, -0.2) is 4.79 Å². The molecule has 0 bridgehead atoms. The van der Waals surface area contributed by atoms with E-state index in [-0.39, 0.29) is 11.6 Å². The second-order valence-electron chi connectivity index (χ2n) is 7.11. The summed E-state index contributed by atoms with van der Waals surface area (Å²) in [6, 6.07) is 15.3. The number of carbonyl (C=O) groups excluding carboxylic acids is 1. The Labute approximate surface area is 174 Å². The van der Waals surface area contributed by atoms with Crippen molar-refractivity contribution in [3.8, 4) is 0 Å². The molecule has 3 aromatic heterocycles. The van der Waals surface area contributed by atoms with Crippen LogP contribution in [0.15, 0.2) is 58.5 Å². The van der Waals surface area contributed by atoms with Crippen molar-refractivity contribution < 1.29 is 4.79 Å². The molecule has 8 nitrogen and oxygen atoms in total. The number of rotatable bonds is 4. The number of amides is 1. The van der Waals surface area contributed by atoms with Gasteiger partial charge in [0, 0.05) is 11.1 Å². The smallest absolute Gasteiger partial charge is 0.323 e. The second-order valence-corrected chi connectivity index (χ2v) is 8.42. The number of fused-ring (bicyclic) bond motifs is 4. The van der Waals surface area contributed by atoms with Crippen molar-refractivity contribution in [2.24, 2.45) is 0 Å². The van der Waals surface area contributed by atoms with Gasteiger partial charge in [-0.1, -0.05) is 30.0 Å². The molecule has 0 aliphatic heterocycles. The van der Waals surface area contributed by atoms with E-state index in [0.29, 0.717) is 21.9 Å². The molecule has 0 fully saturated rings. The molecule has 0 aliphatic carbocycles. The predicted molar refractivity (Wildman–Crippen MR) is 118 cm³/mol. The number of nitrogens with one attached hydrogen (secondary N) is 3. The third kappa shape index (κ3) is 3.13. The first-order valence-corrected chi connectivity index (χ1v) is 10.3. The van der Waals surface area contributed by atoms with Gasteiger partial charge in [0.2, 0.25) is 5.91 Å². The zero-order valence-corrected chi connectivity index (χ0v) is 17.1. The number of benzene rings is 2. The van der Waals surface area contributed by atoms with Gasteiger partial charge in [-0.05, 0) is 49.7 Å². The van der Waals surface area contributed by atoms with Crippen molar-refractivity contribution in [2.75, 3.05) is 5.32 Å². The molecule has 0 radical (unpaired) electrons. The number of anilines is 1. The highest BCUT2D eigenvalue weighted by atomic mass is 32.2. The quantitative estimate of drug-likeness (QED) is 0.387. The van der Waals surface area contributed by atoms with Crippen molar-refractivity contribution in [2.45, 2.75) is 24.3 Å². The van der Waals surface area contributed by atoms with Crippen LogP contribution in [0.25, 0.3) is 27.6 Å². The Hall–Kier alpha value is -3.59. The number of aromatic nitrogens is 5. The maximum atomic E-state index is 12.8. The van der Waals surface area contributed by atoms with Crippen LogP contribution >= 0.6 is 11.8 Å². The van der Waals surface area contributed by atoms with Crippen LogP contribution in [0.5, 0.6) is 0 Å². The van der Waals surface area contributed by atoms with Gasteiger partial charge >= 0.3 is 5.69 Å². The van der Waals surface area contributed by atoms with Gasteiger partial charge in [0.15, 0.2) is 10.8 Å². The number of imidazole rings is 1. The number of thioether (sulfide) groups is 1. The summed E-state index contributed by atoms with van der Waals surface area (Å²) in [4.78, 5) is 29.5. The van der Waals surface area contributed by atoms with E-state index in [0.717, 1.165) is 22.1 Å². The lowest BCUT2D eigenvalue weighted by atomic mass is 10.1. The minimum absolute atomic E-state index is 0.162. The number of hydrogen-bond acceptors (Lipinski definition) is 5. The highest BCUT2D eigenvalue weighted by Crippen LogP contribution is 2.28. The van der Waals surface area contributed by atoms with Gasteiger partial charge in [-0.3, -0.25) is 9.20 Å². The Morgan fingerprint density at radius 2 is 1.90 bits per heavy atom. The number of H-pyrrole nitrogens is 2. The highest BCUT2D eigenvalue weighted by molar-refractivity contribution is 8.00. The van der Waals surface area contributed by atoms with Crippen LogP contribution in [-0.4, -0.2) is 35.7 Å². The summed E-state index contributed by atoms with van der Waals surface area (Å²) in [5.41, 5.74) is 4.56. The molecular weight excluding hydrogens is 400 g/mol. The molecule has 150 valence electrons. The Balaban J connectivity index is 1.42. The Morgan fingerprint density at radius 3 is 2.77 bits per heavy atom. The summed E-state index contributed by atoms with van der Waals surface area (Å²) in [5, 5.41) is 12.9. The van der Waals surface area contributed by atoms with Crippen LogP contribution in [0.4, 0.5) is 5.69 Å². The number of aromatic amines is 2. The first kappa shape index (κ1) is 18.4. The van der Waals surface area contributed by atoms with E-state index in [2.05, 4.69) is 38.5 Å². The van der Waals surface area contributed by atoms with Gasteiger partial charge in [-0.2, -0.15) is 0 Å². The molecule has 0 saturated carbocycles. The van der Waals surface area contributed by atoms with E-state index in [4.69, 9.17) is 0 Å². The SMILES string of the molecule is Cc1cc2nnc(S[C@@H](C)C(=O)Nc3ccc4[nH]c(=O)[nH]c4c3)n2c2ccccc12. The number of nitrogens with zero attached hydrogens (tertiary/aromatic N) is 3. The molecule has 9 heteroatoms. The number of pyridine rings is 1. The second kappa shape index (κ2) is 7.03. The first-order chi connectivity index (χ1) is 14.5. The number of aryl methyl sites for hydroxylation is 1. The Morgan fingerprint density at radius 1 is 1.10 bits per heavy atom. The van der Waals surface area contributed by atoms with Crippen molar-refractivity contribution in [1.82, 2.24) is 24.6 Å². The lowest BCUT2D eigenvalue weighted by molar-refractivity contribution is -0.115. The molecule has 3 N–H and O–H groups in total. The molecule has 0 spiro atoms. The zero-order valence-electron chi connectivity index (χ0n) is 16.3. The van der Waals surface area contributed by atoms with Gasteiger partial charge in [0.1, 0.15) is 0 Å². The molecule has 5 rings (SSSR count). The summed E-state index contributed by atoms with van der Waals surface area (Å²) in [7, 11) is 0. The standard InChI is InChI=1S/C21H18N6O2S/c1-11-9-18-25-26-21(27(18)17-6-4-3-5-14(11)17)30-12(2)19(28)22-13-7-8-15-16(10-13)24-20(29)23-15/h3-10,12H,1-2H3,(H,22,28)(H2,23,24,29)/t12-/m0/s1. The zero-order chi connectivity index (χ0) is 20.8. The Bertz CT molecular complexity index is 1480. The molecule has 30 heavy (non-hydrogen) atoms. The molecule has 1 atom stereocenters. The average Bonchev–Trinajstić information content (AvgIpc) is 3.30. The normalized spacial score (nSPS) is 12.6.